The summed E-state index contributed by atoms with van der Waals surface area (Å²) in [5, 5.41) is 2.80. The first kappa shape index (κ1) is 14.7. The van der Waals surface area contributed by atoms with Crippen molar-refractivity contribution >= 4 is 23.4 Å². The Morgan fingerprint density at radius 2 is 2.45 bits per heavy atom. The van der Waals surface area contributed by atoms with Gasteiger partial charge in [0.25, 0.3) is 5.56 Å². The van der Waals surface area contributed by atoms with Crippen LogP contribution in [0.1, 0.15) is 19.1 Å². The van der Waals surface area contributed by atoms with Crippen LogP contribution in [0.2, 0.25) is 0 Å². The minimum Gasteiger partial charge on any atom is -0.379 e. The molecule has 0 aliphatic carbocycles. The van der Waals surface area contributed by atoms with Crippen LogP contribution in [0.3, 0.4) is 0 Å². The van der Waals surface area contributed by atoms with Crippen LogP contribution in [0, 0.1) is 0 Å². The molecule has 2 aromatic rings. The van der Waals surface area contributed by atoms with E-state index in [1.165, 1.54) is 6.33 Å². The second-order valence-corrected chi connectivity index (χ2v) is 5.03. The lowest BCUT2D eigenvalue weighted by Crippen LogP contribution is -2.23. The minimum atomic E-state index is -0.376. The van der Waals surface area contributed by atoms with Crippen LogP contribution in [0.15, 0.2) is 11.1 Å². The molecule has 0 radical (unpaired) electrons. The number of nitrogens with zero attached hydrogens (tertiary/aromatic N) is 3. The van der Waals surface area contributed by atoms with Crippen molar-refractivity contribution in [2.24, 2.45) is 0 Å². The van der Waals surface area contributed by atoms with Gasteiger partial charge in [-0.05, 0) is 0 Å². The fraction of sp³-hybridized carbons (Fsp3) is 0.538. The normalized spacial score (nSPS) is 24.7. The van der Waals surface area contributed by atoms with Gasteiger partial charge in [-0.3, -0.25) is 14.3 Å². The number of ether oxygens (including phenoxy) is 2. The third-order valence-electron chi connectivity index (χ3n) is 3.79. The SMILES string of the molecule is CNc1nc2c(ncn2C2CC(OC)C(CC=O)O2)c(=O)[nH]1. The molecule has 9 heteroatoms. The molecule has 0 spiro atoms. The number of nitrogens with one attached hydrogen (secondary N) is 2. The molecule has 22 heavy (non-hydrogen) atoms. The van der Waals surface area contributed by atoms with Gasteiger partial charge in [-0.2, -0.15) is 4.98 Å². The van der Waals surface area contributed by atoms with Crippen LogP contribution in [-0.4, -0.2) is 52.2 Å². The van der Waals surface area contributed by atoms with Crippen molar-refractivity contribution < 1.29 is 14.3 Å². The van der Waals surface area contributed by atoms with Gasteiger partial charge in [-0.25, -0.2) is 4.98 Å². The van der Waals surface area contributed by atoms with Crippen molar-refractivity contribution in [2.75, 3.05) is 19.5 Å². The van der Waals surface area contributed by atoms with Crippen molar-refractivity contribution in [1.29, 1.82) is 0 Å². The summed E-state index contributed by atoms with van der Waals surface area (Å²) in [6.07, 6.45) is 2.29. The van der Waals surface area contributed by atoms with Crippen molar-refractivity contribution in [1.82, 2.24) is 19.5 Å². The summed E-state index contributed by atoms with van der Waals surface area (Å²) in [6.45, 7) is 0. The monoisotopic (exact) mass is 307 g/mol. The lowest BCUT2D eigenvalue weighted by Gasteiger charge is -2.14. The Hall–Kier alpha value is -2.26. The minimum absolute atomic E-state index is 0.182. The molecule has 3 unspecified atom stereocenters. The molecule has 3 rings (SSSR count). The van der Waals surface area contributed by atoms with E-state index in [9.17, 15) is 9.59 Å². The molecule has 0 amide bonds. The highest BCUT2D eigenvalue weighted by atomic mass is 16.6. The number of carbonyl (C=O) groups excluding carboxylic acids is 1. The molecule has 1 aliphatic rings. The maximum atomic E-state index is 12.0. The maximum Gasteiger partial charge on any atom is 0.280 e. The van der Waals surface area contributed by atoms with Crippen LogP contribution < -0.4 is 10.9 Å². The summed E-state index contributed by atoms with van der Waals surface area (Å²) in [5.74, 6) is 0.352. The van der Waals surface area contributed by atoms with Gasteiger partial charge >= 0.3 is 0 Å². The van der Waals surface area contributed by atoms with E-state index in [0.717, 1.165) is 6.29 Å². The Morgan fingerprint density at radius 1 is 1.64 bits per heavy atom. The van der Waals surface area contributed by atoms with Crippen LogP contribution in [-0.2, 0) is 14.3 Å². The summed E-state index contributed by atoms with van der Waals surface area (Å²) >= 11 is 0. The molecule has 2 aromatic heterocycles. The summed E-state index contributed by atoms with van der Waals surface area (Å²) < 4.78 is 12.9. The number of anilines is 1. The zero-order valence-electron chi connectivity index (χ0n) is 12.3. The highest BCUT2D eigenvalue weighted by Gasteiger charge is 2.36. The van der Waals surface area contributed by atoms with Crippen molar-refractivity contribution in [3.63, 3.8) is 0 Å². The van der Waals surface area contributed by atoms with Gasteiger partial charge in [-0.15, -0.1) is 0 Å². The molecule has 1 fully saturated rings. The lowest BCUT2D eigenvalue weighted by atomic mass is 10.1. The molecule has 118 valence electrons. The van der Waals surface area contributed by atoms with Gasteiger partial charge in [0, 0.05) is 27.0 Å². The molecule has 1 aliphatic heterocycles. The first-order chi connectivity index (χ1) is 10.7. The standard InChI is InChI=1S/C13H17N5O4/c1-14-13-16-11-10(12(20)17-13)15-6-18(11)9-5-8(21-2)7(22-9)3-4-19/h4,6-9H,3,5H2,1-2H3,(H2,14,16,17,20). The van der Waals surface area contributed by atoms with Gasteiger partial charge in [0.05, 0.1) is 18.5 Å². The maximum absolute atomic E-state index is 12.0. The number of hydrogen-bond donors (Lipinski definition) is 2. The van der Waals surface area contributed by atoms with E-state index < -0.39 is 0 Å². The zero-order chi connectivity index (χ0) is 15.7. The van der Waals surface area contributed by atoms with Crippen molar-refractivity contribution in [3.8, 4) is 0 Å². The van der Waals surface area contributed by atoms with E-state index in [-0.39, 0.29) is 35.9 Å². The summed E-state index contributed by atoms with van der Waals surface area (Å²) in [7, 11) is 3.25. The number of hydrogen-bond acceptors (Lipinski definition) is 7. The van der Waals surface area contributed by atoms with Crippen LogP contribution in [0.4, 0.5) is 5.95 Å². The number of aromatic amines is 1. The number of carbonyl (C=O) groups is 1. The molecular formula is C13H17N5O4. The first-order valence-corrected chi connectivity index (χ1v) is 6.94. The van der Waals surface area contributed by atoms with Crippen LogP contribution in [0.25, 0.3) is 11.2 Å². The summed E-state index contributed by atoms with van der Waals surface area (Å²) in [6, 6.07) is 0. The zero-order valence-corrected chi connectivity index (χ0v) is 12.3. The second kappa shape index (κ2) is 5.85. The third-order valence-corrected chi connectivity index (χ3v) is 3.79. The van der Waals surface area contributed by atoms with E-state index in [1.807, 2.05) is 0 Å². The Balaban J connectivity index is 1.98. The van der Waals surface area contributed by atoms with E-state index in [0.29, 0.717) is 18.0 Å². The Morgan fingerprint density at radius 3 is 3.14 bits per heavy atom. The third kappa shape index (κ3) is 2.38. The summed E-state index contributed by atoms with van der Waals surface area (Å²) in [4.78, 5) is 33.7. The highest BCUT2D eigenvalue weighted by molar-refractivity contribution is 5.70. The van der Waals surface area contributed by atoms with Crippen molar-refractivity contribution in [3.05, 3.63) is 16.7 Å². The van der Waals surface area contributed by atoms with Gasteiger partial charge in [-0.1, -0.05) is 0 Å². The molecule has 1 saturated heterocycles. The number of rotatable bonds is 5. The molecule has 0 saturated carbocycles. The fourth-order valence-electron chi connectivity index (χ4n) is 2.68. The molecule has 0 bridgehead atoms. The fourth-order valence-corrected chi connectivity index (χ4v) is 2.68. The van der Waals surface area contributed by atoms with E-state index >= 15 is 0 Å². The highest BCUT2D eigenvalue weighted by Crippen LogP contribution is 2.33. The Labute approximate surface area is 125 Å². The number of aldehydes is 1. The average molecular weight is 307 g/mol. The molecule has 9 nitrogen and oxygen atoms in total. The topological polar surface area (TPSA) is 111 Å². The predicted molar refractivity (Wildman–Crippen MR) is 77.7 cm³/mol. The van der Waals surface area contributed by atoms with E-state index in [4.69, 9.17) is 9.47 Å². The van der Waals surface area contributed by atoms with Crippen molar-refractivity contribution in [2.45, 2.75) is 31.3 Å². The quantitative estimate of drug-likeness (QED) is 0.751. The molecule has 2 N–H and O–H groups in total. The first-order valence-electron chi connectivity index (χ1n) is 6.94. The smallest absolute Gasteiger partial charge is 0.280 e. The van der Waals surface area contributed by atoms with Gasteiger partial charge in [0.2, 0.25) is 5.95 Å². The van der Waals surface area contributed by atoms with Crippen LogP contribution in [0.5, 0.6) is 0 Å². The molecule has 0 aromatic carbocycles. The number of methoxy groups -OCH3 is 1. The average Bonchev–Trinajstić information content (AvgIpc) is 3.11. The predicted octanol–water partition coefficient (Wildman–Crippen LogP) is 0.0528. The largest absolute Gasteiger partial charge is 0.379 e. The Bertz CT molecular complexity index is 740. The summed E-state index contributed by atoms with van der Waals surface area (Å²) in [5.41, 5.74) is 0.356. The van der Waals surface area contributed by atoms with Crippen LogP contribution >= 0.6 is 0 Å². The Kier molecular flexibility index (Phi) is 3.90. The van der Waals surface area contributed by atoms with Gasteiger partial charge in [0.15, 0.2) is 11.2 Å². The molecule has 3 atom stereocenters. The molecule has 3 heterocycles. The molecular weight excluding hydrogens is 290 g/mol. The van der Waals surface area contributed by atoms with Gasteiger partial charge < -0.3 is 19.6 Å². The number of aromatic nitrogens is 4. The van der Waals surface area contributed by atoms with E-state index in [2.05, 4.69) is 20.3 Å². The number of fused-ring (bicyclic) bond motifs is 1. The second-order valence-electron chi connectivity index (χ2n) is 5.03. The number of imidazole rings is 1. The number of H-pyrrole nitrogens is 1. The van der Waals surface area contributed by atoms with Gasteiger partial charge in [0.1, 0.15) is 12.5 Å². The van der Waals surface area contributed by atoms with E-state index in [1.54, 1.807) is 18.7 Å². The lowest BCUT2D eigenvalue weighted by molar-refractivity contribution is -0.112.